The van der Waals surface area contributed by atoms with E-state index in [9.17, 15) is 9.90 Å². The number of thiol groups is 1. The average Bonchev–Trinajstić information content (AvgIpc) is 2.57. The summed E-state index contributed by atoms with van der Waals surface area (Å²) >= 11 is 4.10. The predicted molar refractivity (Wildman–Crippen MR) is 63.2 cm³/mol. The van der Waals surface area contributed by atoms with E-state index in [1.807, 2.05) is 0 Å². The molecule has 0 aromatic rings. The first-order valence-corrected chi connectivity index (χ1v) is 5.96. The van der Waals surface area contributed by atoms with E-state index >= 15 is 0 Å². The standard InChI is InChI=1S/C10H16N2O4S/c1-5-8(14)6(4-13)16-9(5)12-3-2-7(17)11-10(12)15/h2-3,5-9,13-14,17H,4H2,1H3,(H,11,15)/t5?,6-,7?,8-,9-/m1/s1. The van der Waals surface area contributed by atoms with Crippen LogP contribution < -0.4 is 5.32 Å². The minimum atomic E-state index is -0.778. The molecule has 17 heavy (non-hydrogen) atoms. The van der Waals surface area contributed by atoms with Crippen molar-refractivity contribution in [1.29, 1.82) is 0 Å². The summed E-state index contributed by atoms with van der Waals surface area (Å²) in [5, 5.41) is 21.2. The first-order chi connectivity index (χ1) is 8.04. The Morgan fingerprint density at radius 1 is 1.65 bits per heavy atom. The van der Waals surface area contributed by atoms with Crippen LogP contribution in [0, 0.1) is 5.92 Å². The van der Waals surface area contributed by atoms with Gasteiger partial charge in [-0.2, -0.15) is 12.6 Å². The maximum atomic E-state index is 11.7. The van der Waals surface area contributed by atoms with Gasteiger partial charge in [0.1, 0.15) is 12.3 Å². The van der Waals surface area contributed by atoms with Crippen molar-refractivity contribution in [2.24, 2.45) is 5.92 Å². The van der Waals surface area contributed by atoms with Gasteiger partial charge in [-0.1, -0.05) is 6.92 Å². The summed E-state index contributed by atoms with van der Waals surface area (Å²) < 4.78 is 5.47. The maximum Gasteiger partial charge on any atom is 0.324 e. The van der Waals surface area contributed by atoms with Gasteiger partial charge in [-0.15, -0.1) is 0 Å². The van der Waals surface area contributed by atoms with E-state index in [2.05, 4.69) is 17.9 Å². The summed E-state index contributed by atoms with van der Waals surface area (Å²) in [4.78, 5) is 13.1. The van der Waals surface area contributed by atoms with Crippen LogP contribution in [0.5, 0.6) is 0 Å². The van der Waals surface area contributed by atoms with E-state index in [0.29, 0.717) is 0 Å². The SMILES string of the molecule is CC1[C@@H](O)[C@@H](CO)O[C@H]1N1C=CC(S)NC1=O. The van der Waals surface area contributed by atoms with Gasteiger partial charge >= 0.3 is 6.03 Å². The Labute approximate surface area is 105 Å². The Morgan fingerprint density at radius 3 is 2.88 bits per heavy atom. The highest BCUT2D eigenvalue weighted by Gasteiger charge is 2.44. The third kappa shape index (κ3) is 2.28. The summed E-state index contributed by atoms with van der Waals surface area (Å²) in [6.07, 6.45) is 1.30. The Kier molecular flexibility index (Phi) is 3.62. The largest absolute Gasteiger partial charge is 0.394 e. The molecule has 2 unspecified atom stereocenters. The highest BCUT2D eigenvalue weighted by molar-refractivity contribution is 7.81. The van der Waals surface area contributed by atoms with Gasteiger partial charge in [0.25, 0.3) is 0 Å². The zero-order valence-corrected chi connectivity index (χ0v) is 10.2. The van der Waals surface area contributed by atoms with Gasteiger partial charge in [0.15, 0.2) is 0 Å². The Hall–Kier alpha value is -0.760. The molecule has 0 aliphatic carbocycles. The fourth-order valence-corrected chi connectivity index (χ4v) is 2.24. The van der Waals surface area contributed by atoms with Crippen molar-refractivity contribution >= 4 is 18.7 Å². The van der Waals surface area contributed by atoms with Crippen molar-refractivity contribution in [2.45, 2.75) is 30.7 Å². The molecular formula is C10H16N2O4S. The fraction of sp³-hybridized carbons (Fsp3) is 0.700. The van der Waals surface area contributed by atoms with Crippen molar-refractivity contribution < 1.29 is 19.7 Å². The van der Waals surface area contributed by atoms with Crippen molar-refractivity contribution in [3.8, 4) is 0 Å². The third-order valence-electron chi connectivity index (χ3n) is 3.07. The zero-order valence-electron chi connectivity index (χ0n) is 9.35. The fourth-order valence-electron chi connectivity index (χ4n) is 2.05. The molecule has 1 fully saturated rings. The highest BCUT2D eigenvalue weighted by Crippen LogP contribution is 2.30. The smallest absolute Gasteiger partial charge is 0.324 e. The van der Waals surface area contributed by atoms with Crippen molar-refractivity contribution in [3.05, 3.63) is 12.3 Å². The molecule has 0 saturated carbocycles. The molecule has 5 atom stereocenters. The zero-order chi connectivity index (χ0) is 12.6. The second-order valence-corrected chi connectivity index (χ2v) is 4.80. The molecule has 2 rings (SSSR count). The predicted octanol–water partition coefficient (Wildman–Crippen LogP) is -0.505. The monoisotopic (exact) mass is 260 g/mol. The number of rotatable bonds is 2. The van der Waals surface area contributed by atoms with Crippen LogP contribution in [-0.4, -0.2) is 51.6 Å². The van der Waals surface area contributed by atoms with Crippen LogP contribution >= 0.6 is 12.6 Å². The highest BCUT2D eigenvalue weighted by atomic mass is 32.1. The number of nitrogens with zero attached hydrogens (tertiary/aromatic N) is 1. The molecule has 1 saturated heterocycles. The van der Waals surface area contributed by atoms with Crippen molar-refractivity contribution in [2.75, 3.05) is 6.61 Å². The summed E-state index contributed by atoms with van der Waals surface area (Å²) in [7, 11) is 0. The Morgan fingerprint density at radius 2 is 2.35 bits per heavy atom. The average molecular weight is 260 g/mol. The first-order valence-electron chi connectivity index (χ1n) is 5.44. The summed E-state index contributed by atoms with van der Waals surface area (Å²) in [5.74, 6) is -0.265. The molecule has 0 bridgehead atoms. The van der Waals surface area contributed by atoms with Crippen LogP contribution in [0.2, 0.25) is 0 Å². The number of aliphatic hydroxyl groups excluding tert-OH is 2. The molecule has 2 aliphatic heterocycles. The number of hydrogen-bond acceptors (Lipinski definition) is 5. The van der Waals surface area contributed by atoms with Crippen molar-refractivity contribution in [3.63, 3.8) is 0 Å². The molecular weight excluding hydrogens is 244 g/mol. The maximum absolute atomic E-state index is 11.7. The van der Waals surface area contributed by atoms with Crippen LogP contribution in [0.4, 0.5) is 4.79 Å². The van der Waals surface area contributed by atoms with E-state index in [-0.39, 0.29) is 23.9 Å². The van der Waals surface area contributed by atoms with Gasteiger partial charge in [0, 0.05) is 12.1 Å². The topological polar surface area (TPSA) is 82.0 Å². The van der Waals surface area contributed by atoms with Crippen LogP contribution in [0.3, 0.4) is 0 Å². The van der Waals surface area contributed by atoms with E-state index in [1.165, 1.54) is 4.90 Å². The Bertz CT molecular complexity index is 338. The molecule has 2 aliphatic rings. The molecule has 7 heteroatoms. The molecule has 2 heterocycles. The third-order valence-corrected chi connectivity index (χ3v) is 3.37. The van der Waals surface area contributed by atoms with Crippen LogP contribution in [-0.2, 0) is 4.74 Å². The molecule has 0 aromatic heterocycles. The van der Waals surface area contributed by atoms with E-state index in [1.54, 1.807) is 19.2 Å². The number of hydrogen-bond donors (Lipinski definition) is 4. The second-order valence-electron chi connectivity index (χ2n) is 4.24. The van der Waals surface area contributed by atoms with Crippen LogP contribution in [0.15, 0.2) is 12.3 Å². The van der Waals surface area contributed by atoms with Crippen molar-refractivity contribution in [1.82, 2.24) is 10.2 Å². The number of nitrogens with one attached hydrogen (secondary N) is 1. The van der Waals surface area contributed by atoms with Gasteiger partial charge in [0.05, 0.1) is 18.1 Å². The quantitative estimate of drug-likeness (QED) is 0.504. The number of carbonyl (C=O) groups is 1. The number of aliphatic hydroxyl groups is 2. The lowest BCUT2D eigenvalue weighted by Crippen LogP contribution is -2.50. The summed E-state index contributed by atoms with van der Waals surface area (Å²) in [6, 6.07) is -0.324. The number of ether oxygens (including phenoxy) is 1. The van der Waals surface area contributed by atoms with Gasteiger partial charge in [0.2, 0.25) is 0 Å². The molecule has 6 nitrogen and oxygen atoms in total. The molecule has 0 spiro atoms. The van der Waals surface area contributed by atoms with Gasteiger partial charge < -0.3 is 20.3 Å². The number of urea groups is 1. The van der Waals surface area contributed by atoms with E-state index in [4.69, 9.17) is 9.84 Å². The molecule has 3 N–H and O–H groups in total. The molecule has 96 valence electrons. The lowest BCUT2D eigenvalue weighted by molar-refractivity contribution is -0.0565. The molecule has 0 radical (unpaired) electrons. The number of carbonyl (C=O) groups excluding carboxylic acids is 1. The van der Waals surface area contributed by atoms with Gasteiger partial charge in [-0.05, 0) is 6.08 Å². The van der Waals surface area contributed by atoms with E-state index < -0.39 is 18.4 Å². The minimum absolute atomic E-state index is 0.265. The summed E-state index contributed by atoms with van der Waals surface area (Å²) in [6.45, 7) is 1.51. The van der Waals surface area contributed by atoms with Crippen LogP contribution in [0.1, 0.15) is 6.92 Å². The van der Waals surface area contributed by atoms with Crippen LogP contribution in [0.25, 0.3) is 0 Å². The lowest BCUT2D eigenvalue weighted by atomic mass is 10.0. The number of amides is 2. The normalized spacial score (nSPS) is 41.8. The Balaban J connectivity index is 2.13. The second kappa shape index (κ2) is 4.85. The van der Waals surface area contributed by atoms with Gasteiger partial charge in [-0.3, -0.25) is 4.90 Å². The summed E-state index contributed by atoms with van der Waals surface area (Å²) in [5.41, 5.74) is 0. The van der Waals surface area contributed by atoms with Gasteiger partial charge in [-0.25, -0.2) is 4.79 Å². The molecule has 2 amide bonds. The molecule has 0 aromatic carbocycles. The minimum Gasteiger partial charge on any atom is -0.394 e. The van der Waals surface area contributed by atoms with E-state index in [0.717, 1.165) is 0 Å². The first kappa shape index (κ1) is 12.7. The lowest BCUT2D eigenvalue weighted by Gasteiger charge is -2.31.